The monoisotopic (exact) mass is 234 g/mol. The predicted molar refractivity (Wildman–Crippen MR) is 64.2 cm³/mol. The largest absolute Gasteiger partial charge is 0.325 e. The number of rotatable bonds is 1. The second kappa shape index (κ2) is 3.29. The molecule has 1 aliphatic heterocycles. The highest BCUT2D eigenvalue weighted by Crippen LogP contribution is 2.44. The molecule has 1 heterocycles. The van der Waals surface area contributed by atoms with E-state index < -0.39 is 10.3 Å². The molecule has 1 aliphatic rings. The number of anilines is 1. The maximum atomic E-state index is 11.9. The van der Waals surface area contributed by atoms with Crippen LogP contribution in [0.5, 0.6) is 0 Å². The Morgan fingerprint density at radius 2 is 1.94 bits per heavy atom. The van der Waals surface area contributed by atoms with E-state index in [9.17, 15) is 14.9 Å². The molecule has 5 heteroatoms. The lowest BCUT2D eigenvalue weighted by atomic mass is 9.82. The van der Waals surface area contributed by atoms with E-state index in [1.807, 2.05) is 0 Å². The Bertz CT molecular complexity index is 547. The van der Waals surface area contributed by atoms with Gasteiger partial charge in [0.1, 0.15) is 0 Å². The third-order valence-corrected chi connectivity index (χ3v) is 3.38. The second-order valence-corrected chi connectivity index (χ2v) is 4.92. The van der Waals surface area contributed by atoms with Crippen LogP contribution in [0.15, 0.2) is 6.07 Å². The summed E-state index contributed by atoms with van der Waals surface area (Å²) in [6.45, 7) is 7.03. The van der Waals surface area contributed by atoms with Crippen molar-refractivity contribution in [3.8, 4) is 0 Å². The first-order valence-corrected chi connectivity index (χ1v) is 5.37. The number of nitro benzene ring substituents is 1. The van der Waals surface area contributed by atoms with Crippen molar-refractivity contribution in [3.63, 3.8) is 0 Å². The molecule has 0 bridgehead atoms. The summed E-state index contributed by atoms with van der Waals surface area (Å²) in [5.74, 6) is -0.112. The molecule has 0 saturated carbocycles. The van der Waals surface area contributed by atoms with Crippen LogP contribution < -0.4 is 5.32 Å². The lowest BCUT2D eigenvalue weighted by molar-refractivity contribution is -0.385. The molecule has 0 aromatic heterocycles. The highest BCUT2D eigenvalue weighted by atomic mass is 16.6. The van der Waals surface area contributed by atoms with Gasteiger partial charge in [-0.3, -0.25) is 14.9 Å². The van der Waals surface area contributed by atoms with Gasteiger partial charge >= 0.3 is 0 Å². The molecule has 17 heavy (non-hydrogen) atoms. The minimum Gasteiger partial charge on any atom is -0.325 e. The number of carbonyl (C=O) groups is 1. The molecule has 0 fully saturated rings. The van der Waals surface area contributed by atoms with E-state index in [2.05, 4.69) is 5.32 Å². The van der Waals surface area contributed by atoms with Gasteiger partial charge in [0, 0.05) is 22.9 Å². The highest BCUT2D eigenvalue weighted by molar-refractivity contribution is 6.07. The molecular formula is C12H14N2O3. The summed E-state index contributed by atoms with van der Waals surface area (Å²) in [5, 5.41) is 13.8. The molecule has 1 aromatic rings. The fourth-order valence-electron chi connectivity index (χ4n) is 2.41. The number of nitrogens with zero attached hydrogens (tertiary/aromatic N) is 1. The van der Waals surface area contributed by atoms with Crippen molar-refractivity contribution >= 4 is 17.3 Å². The number of hydrogen-bond acceptors (Lipinski definition) is 3. The molecule has 0 radical (unpaired) electrons. The summed E-state index contributed by atoms with van der Waals surface area (Å²) in [4.78, 5) is 22.4. The van der Waals surface area contributed by atoms with Crippen LogP contribution in [0.4, 0.5) is 11.4 Å². The van der Waals surface area contributed by atoms with E-state index in [-0.39, 0.29) is 11.6 Å². The fraction of sp³-hybridized carbons (Fsp3) is 0.417. The first-order chi connectivity index (χ1) is 7.76. The summed E-state index contributed by atoms with van der Waals surface area (Å²) in [7, 11) is 0. The van der Waals surface area contributed by atoms with Crippen molar-refractivity contribution in [2.24, 2.45) is 0 Å². The van der Waals surface area contributed by atoms with Crippen molar-refractivity contribution in [1.82, 2.24) is 0 Å². The molecule has 2 rings (SSSR count). The van der Waals surface area contributed by atoms with Gasteiger partial charge in [-0.25, -0.2) is 0 Å². The predicted octanol–water partition coefficient (Wildman–Crippen LogP) is 2.44. The number of hydrogen-bond donors (Lipinski definition) is 1. The number of aryl methyl sites for hydroxylation is 1. The van der Waals surface area contributed by atoms with E-state index in [0.29, 0.717) is 5.56 Å². The quantitative estimate of drug-likeness (QED) is 0.599. The molecule has 0 unspecified atom stereocenters. The van der Waals surface area contributed by atoms with Crippen LogP contribution in [-0.2, 0) is 10.2 Å². The Morgan fingerprint density at radius 1 is 1.35 bits per heavy atom. The summed E-state index contributed by atoms with van der Waals surface area (Å²) in [6, 6.07) is 1.51. The highest BCUT2D eigenvalue weighted by Gasteiger charge is 2.42. The zero-order valence-electron chi connectivity index (χ0n) is 10.2. The van der Waals surface area contributed by atoms with Crippen molar-refractivity contribution < 1.29 is 9.72 Å². The van der Waals surface area contributed by atoms with Crippen molar-refractivity contribution in [2.45, 2.75) is 33.1 Å². The molecule has 5 nitrogen and oxygen atoms in total. The second-order valence-electron chi connectivity index (χ2n) is 4.92. The number of nitrogens with one attached hydrogen (secondary N) is 1. The van der Waals surface area contributed by atoms with Gasteiger partial charge in [0.15, 0.2) is 0 Å². The van der Waals surface area contributed by atoms with E-state index in [4.69, 9.17) is 0 Å². The Kier molecular flexibility index (Phi) is 2.24. The zero-order valence-corrected chi connectivity index (χ0v) is 10.2. The number of amides is 1. The van der Waals surface area contributed by atoms with Crippen LogP contribution in [-0.4, -0.2) is 10.8 Å². The topological polar surface area (TPSA) is 72.2 Å². The molecule has 0 saturated heterocycles. The lowest BCUT2D eigenvalue weighted by Gasteiger charge is -2.17. The molecule has 1 N–H and O–H groups in total. The van der Waals surface area contributed by atoms with E-state index in [1.165, 1.54) is 6.07 Å². The maximum Gasteiger partial charge on any atom is 0.273 e. The van der Waals surface area contributed by atoms with E-state index in [0.717, 1.165) is 16.8 Å². The molecule has 0 atom stereocenters. The van der Waals surface area contributed by atoms with Gasteiger partial charge in [-0.2, -0.15) is 0 Å². The summed E-state index contributed by atoms with van der Waals surface area (Å²) >= 11 is 0. The van der Waals surface area contributed by atoms with Gasteiger partial charge in [0.25, 0.3) is 5.69 Å². The van der Waals surface area contributed by atoms with Gasteiger partial charge in [-0.1, -0.05) is 0 Å². The third-order valence-electron chi connectivity index (χ3n) is 3.38. The Labute approximate surface area is 99.0 Å². The summed E-state index contributed by atoms with van der Waals surface area (Å²) < 4.78 is 0. The van der Waals surface area contributed by atoms with Gasteiger partial charge < -0.3 is 5.32 Å². The molecule has 0 aliphatic carbocycles. The summed E-state index contributed by atoms with van der Waals surface area (Å²) in [5.41, 5.74) is 2.13. The van der Waals surface area contributed by atoms with Crippen molar-refractivity contribution in [3.05, 3.63) is 32.9 Å². The standard InChI is InChI=1S/C12H14N2O3/c1-6-5-8(14(16)17)7(2)9-10(6)13-11(15)12(9,3)4/h5H,1-4H3,(H,13,15). The molecule has 0 spiro atoms. The first-order valence-electron chi connectivity index (χ1n) is 5.37. The van der Waals surface area contributed by atoms with Crippen LogP contribution in [0.1, 0.15) is 30.5 Å². The first kappa shape index (κ1) is 11.6. The van der Waals surface area contributed by atoms with Crippen LogP contribution >= 0.6 is 0 Å². The molecule has 1 amide bonds. The molecule has 1 aromatic carbocycles. The smallest absolute Gasteiger partial charge is 0.273 e. The van der Waals surface area contributed by atoms with Crippen LogP contribution in [0, 0.1) is 24.0 Å². The average Bonchev–Trinajstić information content (AvgIpc) is 2.44. The van der Waals surface area contributed by atoms with Crippen LogP contribution in [0.3, 0.4) is 0 Å². The average molecular weight is 234 g/mol. The Morgan fingerprint density at radius 3 is 2.47 bits per heavy atom. The Hall–Kier alpha value is -1.91. The van der Waals surface area contributed by atoms with Gasteiger partial charge in [-0.05, 0) is 33.3 Å². The Balaban J connectivity index is 2.82. The number of nitro groups is 1. The fourth-order valence-corrected chi connectivity index (χ4v) is 2.41. The van der Waals surface area contributed by atoms with Crippen LogP contribution in [0.25, 0.3) is 0 Å². The van der Waals surface area contributed by atoms with E-state index >= 15 is 0 Å². The third kappa shape index (κ3) is 1.42. The van der Waals surface area contributed by atoms with Crippen molar-refractivity contribution in [2.75, 3.05) is 5.32 Å². The summed E-state index contributed by atoms with van der Waals surface area (Å²) in [6.07, 6.45) is 0. The maximum absolute atomic E-state index is 11.9. The zero-order chi connectivity index (χ0) is 13.0. The van der Waals surface area contributed by atoms with E-state index in [1.54, 1.807) is 27.7 Å². The normalized spacial score (nSPS) is 16.6. The SMILES string of the molecule is Cc1cc([N+](=O)[O-])c(C)c2c1NC(=O)C2(C)C. The number of benzene rings is 1. The van der Waals surface area contributed by atoms with Gasteiger partial charge in [0.05, 0.1) is 10.3 Å². The minimum absolute atomic E-state index is 0.0748. The van der Waals surface area contributed by atoms with Crippen molar-refractivity contribution in [1.29, 1.82) is 0 Å². The lowest BCUT2D eigenvalue weighted by Crippen LogP contribution is -2.27. The molecular weight excluding hydrogens is 220 g/mol. The van der Waals surface area contributed by atoms with Gasteiger partial charge in [-0.15, -0.1) is 0 Å². The van der Waals surface area contributed by atoms with Crippen LogP contribution in [0.2, 0.25) is 0 Å². The molecule has 90 valence electrons. The number of carbonyl (C=O) groups excluding carboxylic acids is 1. The minimum atomic E-state index is -0.712. The van der Waals surface area contributed by atoms with Gasteiger partial charge in [0.2, 0.25) is 5.91 Å². The number of fused-ring (bicyclic) bond motifs is 1.